The van der Waals surface area contributed by atoms with E-state index < -0.39 is 21.9 Å². The van der Waals surface area contributed by atoms with Gasteiger partial charge in [0.15, 0.2) is 0 Å². The third kappa shape index (κ3) is 4.12. The van der Waals surface area contributed by atoms with Crippen LogP contribution in [0.5, 0.6) is 5.75 Å². The van der Waals surface area contributed by atoms with Crippen molar-refractivity contribution in [3.8, 4) is 5.75 Å². The molecule has 0 aliphatic carbocycles. The van der Waals surface area contributed by atoms with Crippen LogP contribution in [0.1, 0.15) is 20.7 Å². The van der Waals surface area contributed by atoms with Crippen LogP contribution < -0.4 is 14.8 Å². The highest BCUT2D eigenvalue weighted by atomic mass is 32.2. The van der Waals surface area contributed by atoms with Gasteiger partial charge < -0.3 is 14.8 Å². The molecule has 0 radical (unpaired) electrons. The topological polar surface area (TPSA) is 111 Å². The third-order valence-electron chi connectivity index (χ3n) is 3.49. The molecule has 2 N–H and O–H groups in total. The molecule has 0 unspecified atom stereocenters. The molecule has 2 aromatic rings. The van der Waals surface area contributed by atoms with Crippen molar-refractivity contribution in [3.63, 3.8) is 0 Å². The van der Waals surface area contributed by atoms with E-state index in [0.717, 1.165) is 0 Å². The van der Waals surface area contributed by atoms with Crippen molar-refractivity contribution >= 4 is 27.6 Å². The second-order valence-corrected chi connectivity index (χ2v) is 6.80. The SMILES string of the molecule is CNC(=O)c1cc(S(=O)(=O)Nc2cccc(C(=O)OC)c2)ccc1OC. The molecule has 0 atom stereocenters. The van der Waals surface area contributed by atoms with Crippen LogP contribution in [0, 0.1) is 0 Å². The zero-order chi connectivity index (χ0) is 19.3. The summed E-state index contributed by atoms with van der Waals surface area (Å²) in [5.74, 6) is -0.819. The Hall–Kier alpha value is -3.07. The van der Waals surface area contributed by atoms with Crippen molar-refractivity contribution in [3.05, 3.63) is 53.6 Å². The van der Waals surface area contributed by atoms with E-state index >= 15 is 0 Å². The van der Waals surface area contributed by atoms with E-state index in [1.54, 1.807) is 0 Å². The standard InChI is InChI=1S/C17H18N2O6S/c1-18-16(20)14-10-13(7-8-15(14)24-2)26(22,23)19-12-6-4-5-11(9-12)17(21)25-3/h4-10,19H,1-3H3,(H,18,20). The average Bonchev–Trinajstić information content (AvgIpc) is 2.65. The first-order chi connectivity index (χ1) is 12.3. The summed E-state index contributed by atoms with van der Waals surface area (Å²) in [6.45, 7) is 0. The Balaban J connectivity index is 2.39. The fraction of sp³-hybridized carbons (Fsp3) is 0.176. The minimum Gasteiger partial charge on any atom is -0.496 e. The quantitative estimate of drug-likeness (QED) is 0.740. The number of sulfonamides is 1. The zero-order valence-electron chi connectivity index (χ0n) is 14.4. The van der Waals surface area contributed by atoms with Gasteiger partial charge in [-0.1, -0.05) is 6.07 Å². The lowest BCUT2D eigenvalue weighted by Crippen LogP contribution is -2.20. The van der Waals surface area contributed by atoms with Gasteiger partial charge in [-0.3, -0.25) is 9.52 Å². The van der Waals surface area contributed by atoms with Gasteiger partial charge in [0.2, 0.25) is 0 Å². The maximum Gasteiger partial charge on any atom is 0.337 e. The summed E-state index contributed by atoms with van der Waals surface area (Å²) in [6, 6.07) is 9.79. The summed E-state index contributed by atoms with van der Waals surface area (Å²) < 4.78 is 37.3. The second kappa shape index (κ2) is 7.87. The van der Waals surface area contributed by atoms with Gasteiger partial charge in [0.1, 0.15) is 5.75 Å². The van der Waals surface area contributed by atoms with Crippen LogP contribution in [0.2, 0.25) is 0 Å². The van der Waals surface area contributed by atoms with Gasteiger partial charge in [0.25, 0.3) is 15.9 Å². The van der Waals surface area contributed by atoms with Crippen molar-refractivity contribution in [2.24, 2.45) is 0 Å². The maximum atomic E-state index is 12.6. The van der Waals surface area contributed by atoms with E-state index in [-0.39, 0.29) is 27.5 Å². The Morgan fingerprint density at radius 2 is 1.77 bits per heavy atom. The predicted molar refractivity (Wildman–Crippen MR) is 95.0 cm³/mol. The molecule has 0 bridgehead atoms. The van der Waals surface area contributed by atoms with Gasteiger partial charge in [-0.05, 0) is 36.4 Å². The molecule has 0 aliphatic heterocycles. The first-order valence-corrected chi connectivity index (χ1v) is 8.92. The number of rotatable bonds is 6. The van der Waals surface area contributed by atoms with Crippen molar-refractivity contribution < 1.29 is 27.5 Å². The van der Waals surface area contributed by atoms with E-state index in [1.807, 2.05) is 0 Å². The number of esters is 1. The van der Waals surface area contributed by atoms with Crippen LogP contribution in [0.3, 0.4) is 0 Å². The molecule has 0 spiro atoms. The first kappa shape index (κ1) is 19.3. The largest absolute Gasteiger partial charge is 0.496 e. The zero-order valence-corrected chi connectivity index (χ0v) is 15.2. The van der Waals surface area contributed by atoms with Crippen molar-refractivity contribution in [2.75, 3.05) is 26.0 Å². The summed E-state index contributed by atoms with van der Waals surface area (Å²) in [4.78, 5) is 23.4. The molecule has 2 aromatic carbocycles. The van der Waals surface area contributed by atoms with E-state index in [9.17, 15) is 18.0 Å². The summed E-state index contributed by atoms with van der Waals surface area (Å²) in [6.07, 6.45) is 0. The van der Waals surface area contributed by atoms with Gasteiger partial charge in [0, 0.05) is 12.7 Å². The van der Waals surface area contributed by atoms with Gasteiger partial charge in [0.05, 0.1) is 30.2 Å². The van der Waals surface area contributed by atoms with Crippen LogP contribution in [-0.4, -0.2) is 41.6 Å². The lowest BCUT2D eigenvalue weighted by Gasteiger charge is -2.12. The Kier molecular flexibility index (Phi) is 5.83. The lowest BCUT2D eigenvalue weighted by atomic mass is 10.2. The van der Waals surface area contributed by atoms with Gasteiger partial charge >= 0.3 is 5.97 Å². The summed E-state index contributed by atoms with van der Waals surface area (Å²) in [7, 11) is 0.0551. The van der Waals surface area contributed by atoms with Crippen LogP contribution in [0.15, 0.2) is 47.4 Å². The van der Waals surface area contributed by atoms with E-state index in [1.165, 1.54) is 63.7 Å². The van der Waals surface area contributed by atoms with Gasteiger partial charge in [-0.2, -0.15) is 0 Å². The molecule has 0 saturated heterocycles. The average molecular weight is 378 g/mol. The highest BCUT2D eigenvalue weighted by Gasteiger charge is 2.20. The van der Waals surface area contributed by atoms with Crippen LogP contribution in [0.25, 0.3) is 0 Å². The predicted octanol–water partition coefficient (Wildman–Crippen LogP) is 1.64. The molecule has 2 rings (SSSR count). The Morgan fingerprint density at radius 1 is 1.04 bits per heavy atom. The molecule has 0 heterocycles. The number of nitrogens with one attached hydrogen (secondary N) is 2. The second-order valence-electron chi connectivity index (χ2n) is 5.12. The highest BCUT2D eigenvalue weighted by molar-refractivity contribution is 7.92. The minimum absolute atomic E-state index is 0.0844. The molecule has 0 saturated carbocycles. The minimum atomic E-state index is -3.99. The van der Waals surface area contributed by atoms with Crippen LogP contribution in [0.4, 0.5) is 5.69 Å². The summed E-state index contributed by atoms with van der Waals surface area (Å²) in [5.41, 5.74) is 0.472. The Bertz CT molecular complexity index is 940. The fourth-order valence-corrected chi connectivity index (χ4v) is 3.28. The Morgan fingerprint density at radius 3 is 2.38 bits per heavy atom. The Labute approximate surface area is 151 Å². The molecule has 9 heteroatoms. The van der Waals surface area contributed by atoms with Gasteiger partial charge in [-0.15, -0.1) is 0 Å². The van der Waals surface area contributed by atoms with Gasteiger partial charge in [-0.25, -0.2) is 13.2 Å². The van der Waals surface area contributed by atoms with E-state index in [4.69, 9.17) is 4.74 Å². The van der Waals surface area contributed by atoms with Crippen molar-refractivity contribution in [1.82, 2.24) is 5.32 Å². The normalized spacial score (nSPS) is 10.7. The molecule has 0 aliphatic rings. The molecule has 1 amide bonds. The molecule has 138 valence electrons. The molecule has 26 heavy (non-hydrogen) atoms. The number of amides is 1. The smallest absolute Gasteiger partial charge is 0.337 e. The monoisotopic (exact) mass is 378 g/mol. The van der Waals surface area contributed by atoms with E-state index in [2.05, 4.69) is 14.8 Å². The summed E-state index contributed by atoms with van der Waals surface area (Å²) in [5, 5.41) is 2.43. The third-order valence-corrected chi connectivity index (χ3v) is 4.87. The summed E-state index contributed by atoms with van der Waals surface area (Å²) >= 11 is 0. The molecular weight excluding hydrogens is 360 g/mol. The lowest BCUT2D eigenvalue weighted by molar-refractivity contribution is 0.0600. The molecular formula is C17H18N2O6S. The van der Waals surface area contributed by atoms with Crippen LogP contribution in [-0.2, 0) is 14.8 Å². The number of benzene rings is 2. The first-order valence-electron chi connectivity index (χ1n) is 7.43. The number of hydrogen-bond donors (Lipinski definition) is 2. The number of methoxy groups -OCH3 is 2. The van der Waals surface area contributed by atoms with Crippen molar-refractivity contribution in [1.29, 1.82) is 0 Å². The van der Waals surface area contributed by atoms with Crippen molar-refractivity contribution in [2.45, 2.75) is 4.90 Å². The molecule has 0 fully saturated rings. The number of carbonyl (C=O) groups excluding carboxylic acids is 2. The van der Waals surface area contributed by atoms with Crippen LogP contribution >= 0.6 is 0 Å². The molecule has 0 aromatic heterocycles. The maximum absolute atomic E-state index is 12.6. The number of anilines is 1. The fourth-order valence-electron chi connectivity index (χ4n) is 2.21. The van der Waals surface area contributed by atoms with E-state index in [0.29, 0.717) is 0 Å². The number of carbonyl (C=O) groups is 2. The number of hydrogen-bond acceptors (Lipinski definition) is 6. The highest BCUT2D eigenvalue weighted by Crippen LogP contribution is 2.24. The number of ether oxygens (including phenoxy) is 2. The molecule has 8 nitrogen and oxygen atoms in total.